The Morgan fingerprint density at radius 3 is 2.69 bits per heavy atom. The summed E-state index contributed by atoms with van der Waals surface area (Å²) in [4.78, 5) is 11.3. The van der Waals surface area contributed by atoms with Crippen molar-refractivity contribution in [2.45, 2.75) is 31.9 Å². The molecule has 2 nitrogen and oxygen atoms in total. The van der Waals surface area contributed by atoms with Crippen LogP contribution in [0.4, 0.5) is 0 Å². The third-order valence-corrected chi connectivity index (χ3v) is 4.53. The average Bonchev–Trinajstić information content (AvgIpc) is 2.67. The molecule has 1 fully saturated rings. The fourth-order valence-corrected chi connectivity index (χ4v) is 3.25. The standard InChI is InChI=1S/C10H18O2S/c1-7(8(2)10(11)12-3)9-5-4-6-13-9/h7-9H,4-6H2,1-3H3. The first-order valence-electron chi connectivity index (χ1n) is 4.86. The van der Waals surface area contributed by atoms with Gasteiger partial charge in [0.25, 0.3) is 0 Å². The zero-order valence-electron chi connectivity index (χ0n) is 8.58. The van der Waals surface area contributed by atoms with Crippen molar-refractivity contribution in [3.05, 3.63) is 0 Å². The molecule has 0 aromatic rings. The fraction of sp³-hybridized carbons (Fsp3) is 0.900. The second-order valence-electron chi connectivity index (χ2n) is 3.72. The van der Waals surface area contributed by atoms with E-state index in [0.29, 0.717) is 11.2 Å². The molecule has 0 spiro atoms. The van der Waals surface area contributed by atoms with Crippen molar-refractivity contribution < 1.29 is 9.53 Å². The number of hydrogen-bond acceptors (Lipinski definition) is 3. The minimum Gasteiger partial charge on any atom is -0.469 e. The molecule has 3 heteroatoms. The summed E-state index contributed by atoms with van der Waals surface area (Å²) in [5.74, 6) is 1.67. The first-order valence-corrected chi connectivity index (χ1v) is 5.91. The van der Waals surface area contributed by atoms with Gasteiger partial charge in [0.05, 0.1) is 13.0 Å². The molecule has 1 rings (SSSR count). The molecule has 0 aliphatic carbocycles. The van der Waals surface area contributed by atoms with Crippen LogP contribution >= 0.6 is 11.8 Å². The second kappa shape index (κ2) is 4.89. The molecule has 13 heavy (non-hydrogen) atoms. The highest BCUT2D eigenvalue weighted by molar-refractivity contribution is 8.00. The molecular weight excluding hydrogens is 184 g/mol. The van der Waals surface area contributed by atoms with Crippen LogP contribution in [0.2, 0.25) is 0 Å². The van der Waals surface area contributed by atoms with Crippen LogP contribution in [0.5, 0.6) is 0 Å². The lowest BCUT2D eigenvalue weighted by atomic mass is 9.91. The summed E-state index contributed by atoms with van der Waals surface area (Å²) < 4.78 is 4.74. The fourth-order valence-electron chi connectivity index (χ4n) is 1.74. The van der Waals surface area contributed by atoms with E-state index >= 15 is 0 Å². The summed E-state index contributed by atoms with van der Waals surface area (Å²) in [6, 6.07) is 0. The summed E-state index contributed by atoms with van der Waals surface area (Å²) in [5.41, 5.74) is 0. The summed E-state index contributed by atoms with van der Waals surface area (Å²) in [5, 5.41) is 0.661. The van der Waals surface area contributed by atoms with Crippen molar-refractivity contribution in [3.63, 3.8) is 0 Å². The van der Waals surface area contributed by atoms with Crippen LogP contribution in [0.3, 0.4) is 0 Å². The van der Waals surface area contributed by atoms with Crippen LogP contribution in [0, 0.1) is 11.8 Å². The van der Waals surface area contributed by atoms with E-state index in [1.165, 1.54) is 25.7 Å². The molecule has 0 aromatic carbocycles. The van der Waals surface area contributed by atoms with Gasteiger partial charge in [-0.25, -0.2) is 0 Å². The quantitative estimate of drug-likeness (QED) is 0.657. The van der Waals surface area contributed by atoms with Crippen molar-refractivity contribution in [2.24, 2.45) is 11.8 Å². The van der Waals surface area contributed by atoms with Gasteiger partial charge in [0, 0.05) is 5.25 Å². The Morgan fingerprint density at radius 1 is 1.54 bits per heavy atom. The number of carbonyl (C=O) groups excluding carboxylic acids is 1. The molecule has 1 saturated heterocycles. The zero-order chi connectivity index (χ0) is 9.84. The lowest BCUT2D eigenvalue weighted by molar-refractivity contribution is -0.146. The number of hydrogen-bond donors (Lipinski definition) is 0. The molecule has 0 amide bonds. The topological polar surface area (TPSA) is 26.3 Å². The van der Waals surface area contributed by atoms with E-state index in [-0.39, 0.29) is 11.9 Å². The summed E-state index contributed by atoms with van der Waals surface area (Å²) in [6.07, 6.45) is 2.56. The first kappa shape index (κ1) is 10.9. The van der Waals surface area contributed by atoms with Crippen LogP contribution in [-0.4, -0.2) is 24.1 Å². The van der Waals surface area contributed by atoms with E-state index in [9.17, 15) is 4.79 Å². The highest BCUT2D eigenvalue weighted by atomic mass is 32.2. The third-order valence-electron chi connectivity index (χ3n) is 2.91. The van der Waals surface area contributed by atoms with E-state index in [0.717, 1.165) is 0 Å². The number of carbonyl (C=O) groups is 1. The van der Waals surface area contributed by atoms with E-state index in [2.05, 4.69) is 6.92 Å². The largest absolute Gasteiger partial charge is 0.469 e. The van der Waals surface area contributed by atoms with Gasteiger partial charge in [-0.3, -0.25) is 4.79 Å². The lowest BCUT2D eigenvalue weighted by Gasteiger charge is -2.22. The van der Waals surface area contributed by atoms with Crippen LogP contribution < -0.4 is 0 Å². The maximum Gasteiger partial charge on any atom is 0.308 e. The van der Waals surface area contributed by atoms with Gasteiger partial charge in [-0.2, -0.15) is 11.8 Å². The minimum atomic E-state index is -0.0694. The van der Waals surface area contributed by atoms with Gasteiger partial charge in [-0.1, -0.05) is 13.8 Å². The SMILES string of the molecule is COC(=O)C(C)C(C)C1CCCS1. The smallest absolute Gasteiger partial charge is 0.308 e. The minimum absolute atomic E-state index is 0.0422. The van der Waals surface area contributed by atoms with Gasteiger partial charge in [-0.15, -0.1) is 0 Å². The van der Waals surface area contributed by atoms with E-state index in [1.54, 1.807) is 0 Å². The van der Waals surface area contributed by atoms with Crippen LogP contribution in [0.25, 0.3) is 0 Å². The lowest BCUT2D eigenvalue weighted by Crippen LogP contribution is -2.26. The van der Waals surface area contributed by atoms with E-state index in [1.807, 2.05) is 18.7 Å². The predicted molar refractivity (Wildman–Crippen MR) is 55.8 cm³/mol. The Kier molecular flexibility index (Phi) is 4.10. The van der Waals surface area contributed by atoms with Gasteiger partial charge in [0.2, 0.25) is 0 Å². The molecule has 1 heterocycles. The molecular formula is C10H18O2S. The third kappa shape index (κ3) is 2.63. The van der Waals surface area contributed by atoms with Crippen molar-refractivity contribution >= 4 is 17.7 Å². The zero-order valence-corrected chi connectivity index (χ0v) is 9.39. The first-order chi connectivity index (χ1) is 6.16. The van der Waals surface area contributed by atoms with Gasteiger partial charge in [-0.05, 0) is 24.5 Å². The Labute approximate surface area is 84.4 Å². The van der Waals surface area contributed by atoms with Crippen LogP contribution in [0.15, 0.2) is 0 Å². The maximum absolute atomic E-state index is 11.3. The normalized spacial score (nSPS) is 26.8. The molecule has 1 aliphatic heterocycles. The molecule has 0 aromatic heterocycles. The molecule has 1 aliphatic rings. The van der Waals surface area contributed by atoms with Crippen molar-refractivity contribution in [1.29, 1.82) is 0 Å². The van der Waals surface area contributed by atoms with Gasteiger partial charge < -0.3 is 4.74 Å². The van der Waals surface area contributed by atoms with Gasteiger partial charge in [0.15, 0.2) is 0 Å². The number of ether oxygens (including phenoxy) is 1. The highest BCUT2D eigenvalue weighted by Gasteiger charge is 2.30. The molecule has 3 atom stereocenters. The molecule has 0 saturated carbocycles. The molecule has 0 N–H and O–H groups in total. The summed E-state index contributed by atoms with van der Waals surface area (Å²) in [7, 11) is 1.47. The van der Waals surface area contributed by atoms with Crippen molar-refractivity contribution in [1.82, 2.24) is 0 Å². The molecule has 76 valence electrons. The van der Waals surface area contributed by atoms with Crippen molar-refractivity contribution in [2.75, 3.05) is 12.9 Å². The Bertz CT molecular complexity index is 176. The number of esters is 1. The van der Waals surface area contributed by atoms with Crippen LogP contribution in [0.1, 0.15) is 26.7 Å². The van der Waals surface area contributed by atoms with Crippen molar-refractivity contribution in [3.8, 4) is 0 Å². The average molecular weight is 202 g/mol. The van der Waals surface area contributed by atoms with Crippen LogP contribution in [-0.2, 0) is 9.53 Å². The number of rotatable bonds is 3. The highest BCUT2D eigenvalue weighted by Crippen LogP contribution is 2.35. The monoisotopic (exact) mass is 202 g/mol. The second-order valence-corrected chi connectivity index (χ2v) is 5.07. The Morgan fingerprint density at radius 2 is 2.23 bits per heavy atom. The summed E-state index contributed by atoms with van der Waals surface area (Å²) >= 11 is 2.00. The van der Waals surface area contributed by atoms with E-state index < -0.39 is 0 Å². The summed E-state index contributed by atoms with van der Waals surface area (Å²) in [6.45, 7) is 4.12. The number of methoxy groups -OCH3 is 1. The van der Waals surface area contributed by atoms with E-state index in [4.69, 9.17) is 4.74 Å². The molecule has 3 unspecified atom stereocenters. The Hall–Kier alpha value is -0.180. The molecule has 0 radical (unpaired) electrons. The van der Waals surface area contributed by atoms with Gasteiger partial charge in [0.1, 0.15) is 0 Å². The number of thioether (sulfide) groups is 1. The molecule has 0 bridgehead atoms. The maximum atomic E-state index is 11.3. The predicted octanol–water partition coefficient (Wildman–Crippen LogP) is 2.33. The van der Waals surface area contributed by atoms with Gasteiger partial charge >= 0.3 is 5.97 Å². The Balaban J connectivity index is 2.45.